The molecule has 0 fully saturated rings. The number of nitrogen functional groups attached to an aromatic ring is 1. The van der Waals surface area contributed by atoms with E-state index in [9.17, 15) is 0 Å². The molecule has 0 aromatic carbocycles. The molecule has 0 radical (unpaired) electrons. The Bertz CT molecular complexity index is 476. The average Bonchev–Trinajstić information content (AvgIpc) is 3.03. The Kier molecular flexibility index (Phi) is 5.45. The molecule has 104 valence electrons. The van der Waals surface area contributed by atoms with Crippen molar-refractivity contribution in [3.63, 3.8) is 0 Å². The first-order chi connectivity index (χ1) is 9.33. The summed E-state index contributed by atoms with van der Waals surface area (Å²) in [6, 6.07) is 4.10. The number of aryl methyl sites for hydroxylation is 1. The highest BCUT2D eigenvalue weighted by Crippen LogP contribution is 2.33. The fourth-order valence-electron chi connectivity index (χ4n) is 2.26. The first kappa shape index (κ1) is 14.1. The number of nitrogens with two attached hydrogens (primary N) is 1. The minimum Gasteiger partial charge on any atom is -0.380 e. The van der Waals surface area contributed by atoms with E-state index >= 15 is 0 Å². The lowest BCUT2D eigenvalue weighted by Gasteiger charge is -2.01. The third-order valence-corrected chi connectivity index (χ3v) is 4.20. The van der Waals surface area contributed by atoms with Crippen LogP contribution in [-0.2, 0) is 6.42 Å². The zero-order valence-corrected chi connectivity index (χ0v) is 12.3. The third kappa shape index (κ3) is 3.83. The fourth-order valence-corrected chi connectivity index (χ4v) is 3.06. The number of rotatable bonds is 8. The number of hydrogen-bond donors (Lipinski definition) is 1. The maximum absolute atomic E-state index is 5.90. The smallest absolute Gasteiger partial charge is 0.175 e. The zero-order chi connectivity index (χ0) is 13.5. The predicted molar refractivity (Wildman–Crippen MR) is 81.3 cm³/mol. The molecule has 0 atom stereocenters. The molecule has 2 aromatic heterocycles. The molecule has 4 heteroatoms. The van der Waals surface area contributed by atoms with Crippen LogP contribution >= 0.6 is 11.3 Å². The van der Waals surface area contributed by atoms with E-state index in [0.29, 0.717) is 5.82 Å². The van der Waals surface area contributed by atoms with Crippen LogP contribution in [0.4, 0.5) is 5.82 Å². The van der Waals surface area contributed by atoms with Gasteiger partial charge in [-0.15, -0.1) is 11.3 Å². The molecule has 2 N–H and O–H groups in total. The van der Waals surface area contributed by atoms with Crippen molar-refractivity contribution >= 4 is 17.2 Å². The molecule has 2 rings (SSSR count). The lowest BCUT2D eigenvalue weighted by molar-refractivity contribution is 0.381. The summed E-state index contributed by atoms with van der Waals surface area (Å²) >= 11 is 1.68. The first-order valence-electron chi connectivity index (χ1n) is 7.10. The predicted octanol–water partition coefficient (Wildman–Crippen LogP) is 4.89. The third-order valence-electron chi connectivity index (χ3n) is 3.31. The van der Waals surface area contributed by atoms with Crippen molar-refractivity contribution in [2.24, 2.45) is 0 Å². The molecule has 0 aliphatic rings. The molecule has 0 saturated heterocycles. The minimum absolute atomic E-state index is 0.517. The van der Waals surface area contributed by atoms with Crippen LogP contribution in [-0.4, -0.2) is 5.16 Å². The highest BCUT2D eigenvalue weighted by atomic mass is 32.1. The first-order valence-corrected chi connectivity index (χ1v) is 7.98. The molecule has 2 heterocycles. The molecule has 0 aliphatic heterocycles. The standard InChI is InChI=1S/C15H22N2OS/c1-2-3-4-5-6-7-9-12-14(15(16)17-18-12)13-10-8-11-19-13/h8,10-11H,2-7,9H2,1H3,(H2,16,17). The van der Waals surface area contributed by atoms with Gasteiger partial charge >= 0.3 is 0 Å². The Morgan fingerprint density at radius 1 is 1.21 bits per heavy atom. The van der Waals surface area contributed by atoms with Gasteiger partial charge in [0.15, 0.2) is 5.82 Å². The number of nitrogens with zero attached hydrogens (tertiary/aromatic N) is 1. The molecule has 0 unspecified atom stereocenters. The lowest BCUT2D eigenvalue weighted by atomic mass is 10.1. The molecule has 0 amide bonds. The SMILES string of the molecule is CCCCCCCCc1onc(N)c1-c1cccs1. The number of hydrogen-bond acceptors (Lipinski definition) is 4. The zero-order valence-electron chi connectivity index (χ0n) is 11.5. The Morgan fingerprint density at radius 3 is 2.74 bits per heavy atom. The molecule has 0 saturated carbocycles. The molecule has 3 nitrogen and oxygen atoms in total. The second-order valence-electron chi connectivity index (χ2n) is 4.86. The summed E-state index contributed by atoms with van der Waals surface area (Å²) < 4.78 is 5.38. The molecule has 0 spiro atoms. The van der Waals surface area contributed by atoms with E-state index in [4.69, 9.17) is 10.3 Å². The quantitative estimate of drug-likeness (QED) is 0.699. The largest absolute Gasteiger partial charge is 0.380 e. The van der Waals surface area contributed by atoms with E-state index in [1.165, 1.54) is 32.1 Å². The number of thiophene rings is 1. The van der Waals surface area contributed by atoms with Crippen molar-refractivity contribution in [1.29, 1.82) is 0 Å². The van der Waals surface area contributed by atoms with E-state index in [1.807, 2.05) is 6.07 Å². The second-order valence-corrected chi connectivity index (χ2v) is 5.81. The van der Waals surface area contributed by atoms with Gasteiger partial charge in [-0.25, -0.2) is 0 Å². The minimum atomic E-state index is 0.517. The van der Waals surface area contributed by atoms with Gasteiger partial charge in [0.2, 0.25) is 0 Å². The highest BCUT2D eigenvalue weighted by Gasteiger charge is 2.16. The van der Waals surface area contributed by atoms with Crippen LogP contribution in [0.25, 0.3) is 10.4 Å². The molecule has 0 bridgehead atoms. The van der Waals surface area contributed by atoms with Crippen LogP contribution < -0.4 is 5.73 Å². The van der Waals surface area contributed by atoms with Crippen molar-refractivity contribution in [2.75, 3.05) is 5.73 Å². The molecule has 0 aliphatic carbocycles. The van der Waals surface area contributed by atoms with Gasteiger partial charge in [0.05, 0.1) is 5.56 Å². The Balaban J connectivity index is 1.87. The summed E-state index contributed by atoms with van der Waals surface area (Å²) in [5.41, 5.74) is 6.91. The van der Waals surface area contributed by atoms with Gasteiger partial charge in [0, 0.05) is 11.3 Å². The van der Waals surface area contributed by atoms with Crippen molar-refractivity contribution in [3.8, 4) is 10.4 Å². The van der Waals surface area contributed by atoms with Gasteiger partial charge in [-0.2, -0.15) is 0 Å². The average molecular weight is 278 g/mol. The molecule has 19 heavy (non-hydrogen) atoms. The van der Waals surface area contributed by atoms with Crippen LogP contribution in [0.5, 0.6) is 0 Å². The summed E-state index contributed by atoms with van der Waals surface area (Å²) in [5.74, 6) is 1.46. The molecular formula is C15H22N2OS. The Labute approximate surface area is 118 Å². The van der Waals surface area contributed by atoms with E-state index in [1.54, 1.807) is 11.3 Å². The van der Waals surface area contributed by atoms with Crippen molar-refractivity contribution in [1.82, 2.24) is 5.16 Å². The van der Waals surface area contributed by atoms with E-state index in [0.717, 1.165) is 29.0 Å². The summed E-state index contributed by atoms with van der Waals surface area (Å²) in [7, 11) is 0. The van der Waals surface area contributed by atoms with Gasteiger partial charge < -0.3 is 10.3 Å². The number of aromatic nitrogens is 1. The monoisotopic (exact) mass is 278 g/mol. The van der Waals surface area contributed by atoms with Crippen molar-refractivity contribution < 1.29 is 4.52 Å². The molecule has 2 aromatic rings. The number of unbranched alkanes of at least 4 members (excludes halogenated alkanes) is 5. The second kappa shape index (κ2) is 7.34. The Morgan fingerprint density at radius 2 is 2.00 bits per heavy atom. The summed E-state index contributed by atoms with van der Waals surface area (Å²) in [5, 5.41) is 5.96. The summed E-state index contributed by atoms with van der Waals surface area (Å²) in [6.45, 7) is 2.24. The van der Waals surface area contributed by atoms with Crippen molar-refractivity contribution in [3.05, 3.63) is 23.3 Å². The maximum Gasteiger partial charge on any atom is 0.175 e. The van der Waals surface area contributed by atoms with Crippen LogP contribution in [0, 0.1) is 0 Å². The fraction of sp³-hybridized carbons (Fsp3) is 0.533. The summed E-state index contributed by atoms with van der Waals surface area (Å²) in [6.07, 6.45) is 8.63. The molecular weight excluding hydrogens is 256 g/mol. The van der Waals surface area contributed by atoms with Crippen LogP contribution in [0.3, 0.4) is 0 Å². The van der Waals surface area contributed by atoms with E-state index < -0.39 is 0 Å². The van der Waals surface area contributed by atoms with Crippen LogP contribution in [0.2, 0.25) is 0 Å². The van der Waals surface area contributed by atoms with Gasteiger partial charge in [-0.3, -0.25) is 0 Å². The van der Waals surface area contributed by atoms with Crippen LogP contribution in [0.15, 0.2) is 22.0 Å². The van der Waals surface area contributed by atoms with Crippen LogP contribution in [0.1, 0.15) is 51.2 Å². The Hall–Kier alpha value is -1.29. The van der Waals surface area contributed by atoms with E-state index in [2.05, 4.69) is 23.5 Å². The lowest BCUT2D eigenvalue weighted by Crippen LogP contribution is -1.90. The topological polar surface area (TPSA) is 52.0 Å². The number of anilines is 1. The van der Waals surface area contributed by atoms with Crippen molar-refractivity contribution in [2.45, 2.75) is 51.9 Å². The van der Waals surface area contributed by atoms with Gasteiger partial charge in [-0.05, 0) is 17.9 Å². The summed E-state index contributed by atoms with van der Waals surface area (Å²) in [4.78, 5) is 1.15. The van der Waals surface area contributed by atoms with Gasteiger partial charge in [0.25, 0.3) is 0 Å². The normalized spacial score (nSPS) is 11.0. The van der Waals surface area contributed by atoms with E-state index in [-0.39, 0.29) is 0 Å². The van der Waals surface area contributed by atoms with Gasteiger partial charge in [0.1, 0.15) is 5.76 Å². The van der Waals surface area contributed by atoms with Gasteiger partial charge in [-0.1, -0.05) is 50.3 Å². The maximum atomic E-state index is 5.90. The highest BCUT2D eigenvalue weighted by molar-refractivity contribution is 7.13.